The van der Waals surface area contributed by atoms with E-state index in [0.29, 0.717) is 23.6 Å². The number of rotatable bonds is 3. The third-order valence-electron chi connectivity index (χ3n) is 0.964. The number of ether oxygens (including phenoxy) is 1. The lowest BCUT2D eigenvalue weighted by molar-refractivity contribution is 0.314. The monoisotopic (exact) mass is 253 g/mol. The first-order chi connectivity index (χ1) is 5.33. The van der Waals surface area contributed by atoms with Crippen LogP contribution in [0.5, 0.6) is 5.88 Å². The molecular weight excluding hydrogens is 245 g/mol. The summed E-state index contributed by atoms with van der Waals surface area (Å²) >= 11 is 3.16. The van der Waals surface area contributed by atoms with Crippen LogP contribution in [0.4, 0.5) is 0 Å². The van der Waals surface area contributed by atoms with Crippen LogP contribution in [0, 0.1) is 0 Å². The third-order valence-corrected chi connectivity index (χ3v) is 1.37. The van der Waals surface area contributed by atoms with Gasteiger partial charge in [0.1, 0.15) is 11.2 Å². The number of hydrogen-bond acceptors (Lipinski definition) is 4. The fourth-order valence-corrected chi connectivity index (χ4v) is 0.743. The topological polar surface area (TPSA) is 61.0 Å². The van der Waals surface area contributed by atoms with Gasteiger partial charge in [0.25, 0.3) is 0 Å². The Bertz CT molecular complexity index is 219. The summed E-state index contributed by atoms with van der Waals surface area (Å²) < 4.78 is 5.78. The van der Waals surface area contributed by atoms with E-state index in [1.165, 1.54) is 0 Å². The number of hydrogen-bond donors (Lipinski definition) is 1. The van der Waals surface area contributed by atoms with E-state index in [0.717, 1.165) is 0 Å². The zero-order valence-corrected chi connectivity index (χ0v) is 8.64. The molecule has 0 radical (unpaired) electrons. The minimum atomic E-state index is 0. The van der Waals surface area contributed by atoms with E-state index < -0.39 is 0 Å². The molecule has 0 aliphatic rings. The van der Waals surface area contributed by atoms with Crippen LogP contribution in [0.25, 0.3) is 0 Å². The molecule has 1 aromatic heterocycles. The van der Waals surface area contributed by atoms with Gasteiger partial charge in [0.05, 0.1) is 12.4 Å². The SMILES string of the molecule is Cl.NCCOc1cnc(Br)cn1. The maximum absolute atomic E-state index is 5.22. The van der Waals surface area contributed by atoms with Crippen molar-refractivity contribution in [3.63, 3.8) is 0 Å². The van der Waals surface area contributed by atoms with Crippen molar-refractivity contribution >= 4 is 28.3 Å². The lowest BCUT2D eigenvalue weighted by Gasteiger charge is -2.00. The van der Waals surface area contributed by atoms with Gasteiger partial charge < -0.3 is 10.5 Å². The van der Waals surface area contributed by atoms with Gasteiger partial charge in [-0.25, -0.2) is 9.97 Å². The fraction of sp³-hybridized carbons (Fsp3) is 0.333. The van der Waals surface area contributed by atoms with E-state index in [9.17, 15) is 0 Å². The molecule has 0 spiro atoms. The average Bonchev–Trinajstić information content (AvgIpc) is 2.04. The van der Waals surface area contributed by atoms with Crippen LogP contribution in [0.2, 0.25) is 0 Å². The van der Waals surface area contributed by atoms with E-state index >= 15 is 0 Å². The highest BCUT2D eigenvalue weighted by atomic mass is 79.9. The van der Waals surface area contributed by atoms with Crippen LogP contribution >= 0.6 is 28.3 Å². The Kier molecular flexibility index (Phi) is 5.96. The lowest BCUT2D eigenvalue weighted by Crippen LogP contribution is -2.11. The molecule has 0 aliphatic carbocycles. The summed E-state index contributed by atoms with van der Waals surface area (Å²) in [6, 6.07) is 0. The van der Waals surface area contributed by atoms with Crippen molar-refractivity contribution in [2.75, 3.05) is 13.2 Å². The molecule has 0 aliphatic heterocycles. The van der Waals surface area contributed by atoms with E-state index in [-0.39, 0.29) is 12.4 Å². The van der Waals surface area contributed by atoms with Crippen LogP contribution in [0.3, 0.4) is 0 Å². The van der Waals surface area contributed by atoms with Gasteiger partial charge in [0, 0.05) is 6.54 Å². The highest BCUT2D eigenvalue weighted by molar-refractivity contribution is 9.10. The molecule has 1 heterocycles. The molecule has 4 nitrogen and oxygen atoms in total. The lowest BCUT2D eigenvalue weighted by atomic mass is 10.7. The molecule has 0 saturated heterocycles. The van der Waals surface area contributed by atoms with E-state index in [2.05, 4.69) is 25.9 Å². The van der Waals surface area contributed by atoms with E-state index in [1.54, 1.807) is 12.4 Å². The molecule has 68 valence electrons. The molecule has 1 rings (SSSR count). The summed E-state index contributed by atoms with van der Waals surface area (Å²) in [6.07, 6.45) is 3.12. The van der Waals surface area contributed by atoms with Gasteiger partial charge in [-0.2, -0.15) is 0 Å². The first-order valence-electron chi connectivity index (χ1n) is 3.13. The van der Waals surface area contributed by atoms with Crippen molar-refractivity contribution < 1.29 is 4.74 Å². The van der Waals surface area contributed by atoms with Crippen LogP contribution in [0.15, 0.2) is 17.0 Å². The molecule has 2 N–H and O–H groups in total. The van der Waals surface area contributed by atoms with E-state index in [4.69, 9.17) is 10.5 Å². The summed E-state index contributed by atoms with van der Waals surface area (Å²) in [5, 5.41) is 0. The predicted octanol–water partition coefficient (Wildman–Crippen LogP) is 0.998. The summed E-state index contributed by atoms with van der Waals surface area (Å²) in [5.41, 5.74) is 5.22. The molecule has 0 amide bonds. The summed E-state index contributed by atoms with van der Waals surface area (Å²) in [6.45, 7) is 0.952. The fourth-order valence-electron chi connectivity index (χ4n) is 0.538. The molecule has 1 aromatic rings. The maximum atomic E-state index is 5.22. The first kappa shape index (κ1) is 11.6. The molecular formula is C6H9BrClN3O. The van der Waals surface area contributed by atoms with Gasteiger partial charge in [-0.15, -0.1) is 12.4 Å². The van der Waals surface area contributed by atoms with Crippen molar-refractivity contribution in [2.45, 2.75) is 0 Å². The molecule has 12 heavy (non-hydrogen) atoms. The Balaban J connectivity index is 0.00000121. The van der Waals surface area contributed by atoms with Crippen molar-refractivity contribution in [3.8, 4) is 5.88 Å². The van der Waals surface area contributed by atoms with Crippen LogP contribution < -0.4 is 10.5 Å². The summed E-state index contributed by atoms with van der Waals surface area (Å²) in [4.78, 5) is 7.85. The first-order valence-corrected chi connectivity index (χ1v) is 3.92. The number of nitrogens with two attached hydrogens (primary N) is 1. The zero-order valence-electron chi connectivity index (χ0n) is 6.24. The van der Waals surface area contributed by atoms with Crippen LogP contribution in [-0.2, 0) is 0 Å². The van der Waals surface area contributed by atoms with Gasteiger partial charge >= 0.3 is 0 Å². The van der Waals surface area contributed by atoms with Gasteiger partial charge in [0.15, 0.2) is 0 Å². The molecule has 0 fully saturated rings. The third kappa shape index (κ3) is 3.85. The largest absolute Gasteiger partial charge is 0.475 e. The Labute approximate surface area is 85.1 Å². The molecule has 0 atom stereocenters. The molecule has 6 heteroatoms. The second-order valence-electron chi connectivity index (χ2n) is 1.81. The van der Waals surface area contributed by atoms with Crippen LogP contribution in [-0.4, -0.2) is 23.1 Å². The van der Waals surface area contributed by atoms with Gasteiger partial charge in [0.2, 0.25) is 5.88 Å². The quantitative estimate of drug-likeness (QED) is 0.874. The van der Waals surface area contributed by atoms with Gasteiger partial charge in [-0.1, -0.05) is 0 Å². The van der Waals surface area contributed by atoms with Gasteiger partial charge in [-0.05, 0) is 15.9 Å². The predicted molar refractivity (Wildman–Crippen MR) is 51.5 cm³/mol. The van der Waals surface area contributed by atoms with Crippen molar-refractivity contribution in [3.05, 3.63) is 17.0 Å². The molecule has 0 bridgehead atoms. The number of halogens is 2. The minimum Gasteiger partial charge on any atom is -0.475 e. The summed E-state index contributed by atoms with van der Waals surface area (Å²) in [7, 11) is 0. The molecule has 0 saturated carbocycles. The smallest absolute Gasteiger partial charge is 0.232 e. The summed E-state index contributed by atoms with van der Waals surface area (Å²) in [5.74, 6) is 0.499. The Morgan fingerprint density at radius 1 is 1.42 bits per heavy atom. The Hall–Kier alpha value is -0.390. The standard InChI is InChI=1S/C6H8BrN3O.ClH/c7-5-3-10-6(4-9-5)11-2-1-8;/h3-4H,1-2,8H2;1H. The minimum absolute atomic E-state index is 0. The van der Waals surface area contributed by atoms with Crippen molar-refractivity contribution in [1.82, 2.24) is 9.97 Å². The zero-order chi connectivity index (χ0) is 8.10. The van der Waals surface area contributed by atoms with Crippen molar-refractivity contribution in [2.24, 2.45) is 5.73 Å². The molecule has 0 aromatic carbocycles. The van der Waals surface area contributed by atoms with Crippen molar-refractivity contribution in [1.29, 1.82) is 0 Å². The number of aromatic nitrogens is 2. The normalized spacial score (nSPS) is 8.83. The molecule has 0 unspecified atom stereocenters. The highest BCUT2D eigenvalue weighted by Gasteiger charge is 1.93. The average molecular weight is 255 g/mol. The van der Waals surface area contributed by atoms with Gasteiger partial charge in [-0.3, -0.25) is 0 Å². The second kappa shape index (κ2) is 6.16. The Morgan fingerprint density at radius 3 is 2.67 bits per heavy atom. The number of nitrogens with zero attached hydrogens (tertiary/aromatic N) is 2. The van der Waals surface area contributed by atoms with E-state index in [1.807, 2.05) is 0 Å². The van der Waals surface area contributed by atoms with Crippen LogP contribution in [0.1, 0.15) is 0 Å². The highest BCUT2D eigenvalue weighted by Crippen LogP contribution is 2.07. The maximum Gasteiger partial charge on any atom is 0.232 e. The second-order valence-corrected chi connectivity index (χ2v) is 2.63. The Morgan fingerprint density at radius 2 is 2.17 bits per heavy atom.